The molecule has 1 unspecified atom stereocenters. The number of aliphatic hydroxyl groups is 2. The Kier molecular flexibility index (Phi) is 6.34. The number of hydrogen-bond donors (Lipinski definition) is 2. The molecule has 0 fully saturated rings. The third-order valence-electron chi connectivity index (χ3n) is 3.75. The first-order chi connectivity index (χ1) is 10.8. The molecule has 0 radical (unpaired) electrons. The van der Waals surface area contributed by atoms with Crippen molar-refractivity contribution in [1.82, 2.24) is 4.90 Å². The van der Waals surface area contributed by atoms with Crippen LogP contribution in [0.2, 0.25) is 0 Å². The van der Waals surface area contributed by atoms with Gasteiger partial charge in [-0.25, -0.2) is 0 Å². The van der Waals surface area contributed by atoms with E-state index in [4.69, 9.17) is 0 Å². The number of nitrogens with zero attached hydrogens (tertiary/aromatic N) is 1. The second-order valence-corrected chi connectivity index (χ2v) is 5.28. The quantitative estimate of drug-likeness (QED) is 0.736. The maximum absolute atomic E-state index is 10.5. The number of aliphatic hydroxyl groups excluding tert-OH is 2. The van der Waals surface area contributed by atoms with Gasteiger partial charge in [0.2, 0.25) is 0 Å². The third kappa shape index (κ3) is 4.28. The SMILES string of the molecule is C=CCN(CC(O)c1ccccc1)[C@@H](CO)c1ccccc1. The number of rotatable bonds is 8. The maximum Gasteiger partial charge on any atom is 0.0917 e. The van der Waals surface area contributed by atoms with Crippen LogP contribution < -0.4 is 0 Å². The van der Waals surface area contributed by atoms with Crippen LogP contribution in [0.4, 0.5) is 0 Å². The summed E-state index contributed by atoms with van der Waals surface area (Å²) in [6.45, 7) is 4.83. The average Bonchev–Trinajstić information content (AvgIpc) is 2.57. The molecule has 2 aromatic carbocycles. The lowest BCUT2D eigenvalue weighted by atomic mass is 10.0. The van der Waals surface area contributed by atoms with Gasteiger partial charge in [0.15, 0.2) is 0 Å². The molecule has 0 heterocycles. The largest absolute Gasteiger partial charge is 0.394 e. The molecule has 22 heavy (non-hydrogen) atoms. The maximum atomic E-state index is 10.5. The van der Waals surface area contributed by atoms with Gasteiger partial charge in [0.25, 0.3) is 0 Å². The van der Waals surface area contributed by atoms with E-state index in [1.807, 2.05) is 65.6 Å². The molecule has 2 atom stereocenters. The Hall–Kier alpha value is -1.94. The molecule has 116 valence electrons. The average molecular weight is 297 g/mol. The van der Waals surface area contributed by atoms with E-state index in [1.54, 1.807) is 6.08 Å². The highest BCUT2D eigenvalue weighted by atomic mass is 16.3. The van der Waals surface area contributed by atoms with E-state index in [-0.39, 0.29) is 12.6 Å². The van der Waals surface area contributed by atoms with Gasteiger partial charge in [-0.2, -0.15) is 0 Å². The first-order valence-corrected chi connectivity index (χ1v) is 7.50. The Morgan fingerprint density at radius 2 is 1.50 bits per heavy atom. The lowest BCUT2D eigenvalue weighted by Gasteiger charge is -2.31. The molecule has 0 aliphatic heterocycles. The fourth-order valence-electron chi connectivity index (χ4n) is 2.60. The minimum atomic E-state index is -0.598. The summed E-state index contributed by atoms with van der Waals surface area (Å²) in [6, 6.07) is 19.3. The van der Waals surface area contributed by atoms with Crippen molar-refractivity contribution in [3.63, 3.8) is 0 Å². The summed E-state index contributed by atoms with van der Waals surface area (Å²) in [5, 5.41) is 20.3. The summed E-state index contributed by atoms with van der Waals surface area (Å²) in [5.41, 5.74) is 1.91. The van der Waals surface area contributed by atoms with Crippen molar-refractivity contribution in [1.29, 1.82) is 0 Å². The Morgan fingerprint density at radius 1 is 0.955 bits per heavy atom. The lowest BCUT2D eigenvalue weighted by molar-refractivity contribution is 0.0695. The van der Waals surface area contributed by atoms with Gasteiger partial charge in [-0.3, -0.25) is 4.90 Å². The molecule has 0 aliphatic rings. The number of benzene rings is 2. The monoisotopic (exact) mass is 297 g/mol. The molecular formula is C19H23NO2. The first-order valence-electron chi connectivity index (χ1n) is 7.50. The zero-order valence-electron chi connectivity index (χ0n) is 12.7. The van der Waals surface area contributed by atoms with Crippen LogP contribution in [0, 0.1) is 0 Å². The third-order valence-corrected chi connectivity index (χ3v) is 3.75. The van der Waals surface area contributed by atoms with E-state index in [9.17, 15) is 10.2 Å². The highest BCUT2D eigenvalue weighted by molar-refractivity contribution is 5.21. The Bertz CT molecular complexity index is 556. The van der Waals surface area contributed by atoms with Gasteiger partial charge < -0.3 is 10.2 Å². The highest BCUT2D eigenvalue weighted by Gasteiger charge is 2.21. The van der Waals surface area contributed by atoms with Crippen molar-refractivity contribution in [2.24, 2.45) is 0 Å². The Morgan fingerprint density at radius 3 is 2.00 bits per heavy atom. The van der Waals surface area contributed by atoms with Gasteiger partial charge in [-0.15, -0.1) is 6.58 Å². The molecule has 2 aromatic rings. The van der Waals surface area contributed by atoms with Gasteiger partial charge in [-0.1, -0.05) is 66.7 Å². The predicted molar refractivity (Wildman–Crippen MR) is 89.4 cm³/mol. The van der Waals surface area contributed by atoms with Gasteiger partial charge >= 0.3 is 0 Å². The summed E-state index contributed by atoms with van der Waals surface area (Å²) < 4.78 is 0. The molecule has 0 saturated heterocycles. The number of hydrogen-bond acceptors (Lipinski definition) is 3. The van der Waals surface area contributed by atoms with Gasteiger partial charge in [0.1, 0.15) is 0 Å². The van der Waals surface area contributed by atoms with Crippen LogP contribution in [-0.4, -0.2) is 34.8 Å². The normalized spacial score (nSPS) is 13.8. The molecule has 0 amide bonds. The second-order valence-electron chi connectivity index (χ2n) is 5.28. The fraction of sp³-hybridized carbons (Fsp3) is 0.263. The first kappa shape index (κ1) is 16.4. The second kappa shape index (κ2) is 8.49. The van der Waals surface area contributed by atoms with Crippen LogP contribution in [0.1, 0.15) is 23.3 Å². The topological polar surface area (TPSA) is 43.7 Å². The summed E-state index contributed by atoms with van der Waals surface area (Å²) in [4.78, 5) is 2.04. The highest BCUT2D eigenvalue weighted by Crippen LogP contribution is 2.23. The van der Waals surface area contributed by atoms with Crippen LogP contribution in [-0.2, 0) is 0 Å². The van der Waals surface area contributed by atoms with E-state index >= 15 is 0 Å². The van der Waals surface area contributed by atoms with Crippen molar-refractivity contribution in [2.45, 2.75) is 12.1 Å². The van der Waals surface area contributed by atoms with Crippen LogP contribution >= 0.6 is 0 Å². The zero-order chi connectivity index (χ0) is 15.8. The molecule has 0 saturated carbocycles. The van der Waals surface area contributed by atoms with Crippen molar-refractivity contribution >= 4 is 0 Å². The van der Waals surface area contributed by atoms with Crippen LogP contribution in [0.3, 0.4) is 0 Å². The van der Waals surface area contributed by atoms with E-state index in [2.05, 4.69) is 6.58 Å². The van der Waals surface area contributed by atoms with E-state index in [0.29, 0.717) is 13.1 Å². The van der Waals surface area contributed by atoms with Crippen molar-refractivity contribution in [3.8, 4) is 0 Å². The summed E-state index contributed by atoms with van der Waals surface area (Å²) in [5.74, 6) is 0. The molecular weight excluding hydrogens is 274 g/mol. The molecule has 0 aliphatic carbocycles. The standard InChI is InChI=1S/C19H23NO2/c1-2-13-20(14-19(22)17-11-7-4-8-12-17)18(15-21)16-9-5-3-6-10-16/h2-12,18-19,21-22H,1,13-15H2/t18-,19?/m0/s1. The minimum absolute atomic E-state index is 0.000632. The van der Waals surface area contributed by atoms with Crippen LogP contribution in [0.25, 0.3) is 0 Å². The van der Waals surface area contributed by atoms with Gasteiger partial charge in [-0.05, 0) is 11.1 Å². The molecule has 2 rings (SSSR count). The summed E-state index contributed by atoms with van der Waals surface area (Å²) in [6.07, 6.45) is 1.20. The molecule has 0 spiro atoms. The summed E-state index contributed by atoms with van der Waals surface area (Å²) in [7, 11) is 0. The fourth-order valence-corrected chi connectivity index (χ4v) is 2.60. The molecule has 3 heteroatoms. The van der Waals surface area contributed by atoms with E-state index in [0.717, 1.165) is 11.1 Å². The molecule has 3 nitrogen and oxygen atoms in total. The molecule has 2 N–H and O–H groups in total. The minimum Gasteiger partial charge on any atom is -0.394 e. The van der Waals surface area contributed by atoms with Gasteiger partial charge in [0.05, 0.1) is 18.8 Å². The van der Waals surface area contributed by atoms with Crippen molar-refractivity contribution < 1.29 is 10.2 Å². The molecule has 0 bridgehead atoms. The van der Waals surface area contributed by atoms with Crippen LogP contribution in [0.5, 0.6) is 0 Å². The Labute approximate surface area is 132 Å². The molecule has 0 aromatic heterocycles. The van der Waals surface area contributed by atoms with Gasteiger partial charge in [0, 0.05) is 13.1 Å². The Balaban J connectivity index is 2.16. The predicted octanol–water partition coefficient (Wildman–Crippen LogP) is 2.94. The zero-order valence-corrected chi connectivity index (χ0v) is 12.7. The van der Waals surface area contributed by atoms with E-state index in [1.165, 1.54) is 0 Å². The van der Waals surface area contributed by atoms with Crippen molar-refractivity contribution in [3.05, 3.63) is 84.4 Å². The van der Waals surface area contributed by atoms with E-state index < -0.39 is 6.10 Å². The van der Waals surface area contributed by atoms with Crippen LogP contribution in [0.15, 0.2) is 73.3 Å². The summed E-state index contributed by atoms with van der Waals surface area (Å²) >= 11 is 0. The smallest absolute Gasteiger partial charge is 0.0917 e. The van der Waals surface area contributed by atoms with Crippen molar-refractivity contribution in [2.75, 3.05) is 19.7 Å². The lowest BCUT2D eigenvalue weighted by Crippen LogP contribution is -2.35.